The third kappa shape index (κ3) is 2.98. The van der Waals surface area contributed by atoms with E-state index < -0.39 is 0 Å². The summed E-state index contributed by atoms with van der Waals surface area (Å²) in [6, 6.07) is 11.9. The molecule has 0 N–H and O–H groups in total. The molecular formula is C16H15N3OS2. The van der Waals surface area contributed by atoms with Gasteiger partial charge >= 0.3 is 0 Å². The molecular weight excluding hydrogens is 314 g/mol. The molecule has 0 spiro atoms. The van der Waals surface area contributed by atoms with Gasteiger partial charge in [-0.25, -0.2) is 4.98 Å². The van der Waals surface area contributed by atoms with Crippen LogP contribution in [0.1, 0.15) is 5.69 Å². The first kappa shape index (κ1) is 15.0. The van der Waals surface area contributed by atoms with E-state index in [9.17, 15) is 0 Å². The second kappa shape index (κ2) is 6.46. The molecule has 0 unspecified atom stereocenters. The van der Waals surface area contributed by atoms with Gasteiger partial charge in [0.25, 0.3) is 0 Å². The summed E-state index contributed by atoms with van der Waals surface area (Å²) in [5.74, 6) is 0.843. The molecule has 0 fully saturated rings. The van der Waals surface area contributed by atoms with Crippen LogP contribution in [0.3, 0.4) is 0 Å². The van der Waals surface area contributed by atoms with Gasteiger partial charge in [-0.05, 0) is 49.6 Å². The minimum atomic E-state index is 0.843. The summed E-state index contributed by atoms with van der Waals surface area (Å²) in [6.07, 6.45) is 1.99. The van der Waals surface area contributed by atoms with Crippen LogP contribution in [0.4, 0.5) is 0 Å². The Morgan fingerprint density at radius 2 is 1.82 bits per heavy atom. The van der Waals surface area contributed by atoms with Gasteiger partial charge in [0.15, 0.2) is 0 Å². The van der Waals surface area contributed by atoms with Crippen LogP contribution in [-0.2, 0) is 0 Å². The highest BCUT2D eigenvalue weighted by Crippen LogP contribution is 2.34. The average molecular weight is 329 g/mol. The van der Waals surface area contributed by atoms with Crippen LogP contribution in [0, 0.1) is 6.92 Å². The Labute approximate surface area is 137 Å². The molecule has 3 rings (SSSR count). The summed E-state index contributed by atoms with van der Waals surface area (Å²) in [7, 11) is 1.66. The zero-order valence-corrected chi connectivity index (χ0v) is 14.2. The maximum atomic E-state index is 5.19. The molecule has 0 aliphatic heterocycles. The van der Waals surface area contributed by atoms with Crippen molar-refractivity contribution in [2.75, 3.05) is 13.4 Å². The van der Waals surface area contributed by atoms with Gasteiger partial charge in [-0.3, -0.25) is 0 Å². The zero-order valence-electron chi connectivity index (χ0n) is 12.5. The Morgan fingerprint density at radius 3 is 2.41 bits per heavy atom. The highest BCUT2D eigenvalue weighted by molar-refractivity contribution is 7.98. The van der Waals surface area contributed by atoms with E-state index in [-0.39, 0.29) is 0 Å². The minimum Gasteiger partial charge on any atom is -0.497 e. The number of nitrogens with zero attached hydrogens (tertiary/aromatic N) is 3. The first-order chi connectivity index (χ1) is 10.7. The number of hydrogen-bond acceptors (Lipinski definition) is 6. The molecule has 0 saturated carbocycles. The van der Waals surface area contributed by atoms with Gasteiger partial charge in [0.2, 0.25) is 0 Å². The fourth-order valence-electron chi connectivity index (χ4n) is 2.04. The summed E-state index contributed by atoms with van der Waals surface area (Å²) < 4.78 is 5.19. The van der Waals surface area contributed by atoms with Crippen molar-refractivity contribution in [2.45, 2.75) is 11.9 Å². The number of benzene rings is 1. The van der Waals surface area contributed by atoms with Crippen LogP contribution in [-0.4, -0.2) is 28.5 Å². The highest BCUT2D eigenvalue weighted by atomic mass is 32.2. The predicted molar refractivity (Wildman–Crippen MR) is 91.6 cm³/mol. The van der Waals surface area contributed by atoms with Crippen molar-refractivity contribution in [2.24, 2.45) is 0 Å². The number of ether oxygens (including phenoxy) is 1. The van der Waals surface area contributed by atoms with Crippen molar-refractivity contribution in [3.63, 3.8) is 0 Å². The van der Waals surface area contributed by atoms with Crippen LogP contribution >= 0.6 is 23.1 Å². The zero-order chi connectivity index (χ0) is 15.5. The van der Waals surface area contributed by atoms with E-state index in [0.717, 1.165) is 37.6 Å². The van der Waals surface area contributed by atoms with Gasteiger partial charge in [0, 0.05) is 5.56 Å². The van der Waals surface area contributed by atoms with Crippen molar-refractivity contribution in [3.05, 3.63) is 42.1 Å². The maximum Gasteiger partial charge on any atom is 0.124 e. The minimum absolute atomic E-state index is 0.843. The molecule has 0 aliphatic carbocycles. The van der Waals surface area contributed by atoms with E-state index in [1.165, 1.54) is 0 Å². The standard InChI is InChI=1S/C16H15N3OS2/c1-10-15(13-8-9-14(21-3)19-18-13)22-16(17-10)11-4-6-12(20-2)7-5-11/h4-9H,1-3H3. The number of hydrogen-bond donors (Lipinski definition) is 0. The molecule has 4 nitrogen and oxygen atoms in total. The Balaban J connectivity index is 1.95. The van der Waals surface area contributed by atoms with E-state index in [1.54, 1.807) is 30.2 Å². The molecule has 0 amide bonds. The van der Waals surface area contributed by atoms with E-state index in [1.807, 2.05) is 49.6 Å². The first-order valence-electron chi connectivity index (χ1n) is 6.71. The van der Waals surface area contributed by atoms with Gasteiger partial charge in [0.1, 0.15) is 21.5 Å². The monoisotopic (exact) mass is 329 g/mol. The Hall–Kier alpha value is -1.92. The number of rotatable bonds is 4. The van der Waals surface area contributed by atoms with E-state index in [2.05, 4.69) is 15.2 Å². The summed E-state index contributed by atoms with van der Waals surface area (Å²) in [5, 5.41) is 10.4. The van der Waals surface area contributed by atoms with Crippen LogP contribution in [0.2, 0.25) is 0 Å². The lowest BCUT2D eigenvalue weighted by Gasteiger charge is -2.00. The van der Waals surface area contributed by atoms with Crippen molar-refractivity contribution in [1.82, 2.24) is 15.2 Å². The smallest absolute Gasteiger partial charge is 0.124 e. The summed E-state index contributed by atoms with van der Waals surface area (Å²) >= 11 is 3.22. The lowest BCUT2D eigenvalue weighted by Crippen LogP contribution is -1.88. The number of aromatic nitrogens is 3. The molecule has 112 valence electrons. The van der Waals surface area contributed by atoms with Crippen molar-refractivity contribution >= 4 is 23.1 Å². The van der Waals surface area contributed by atoms with E-state index >= 15 is 0 Å². The van der Waals surface area contributed by atoms with Crippen LogP contribution in [0.25, 0.3) is 21.1 Å². The molecule has 0 bridgehead atoms. The maximum absolute atomic E-state index is 5.19. The number of thiazole rings is 1. The van der Waals surface area contributed by atoms with Gasteiger partial charge in [-0.2, -0.15) is 0 Å². The number of aryl methyl sites for hydroxylation is 1. The lowest BCUT2D eigenvalue weighted by molar-refractivity contribution is 0.415. The van der Waals surface area contributed by atoms with Crippen LogP contribution in [0.15, 0.2) is 41.4 Å². The molecule has 0 aliphatic rings. The summed E-state index contributed by atoms with van der Waals surface area (Å²) in [6.45, 7) is 2.00. The second-order valence-corrected chi connectivity index (χ2v) is 6.45. The lowest BCUT2D eigenvalue weighted by atomic mass is 10.2. The largest absolute Gasteiger partial charge is 0.497 e. The van der Waals surface area contributed by atoms with Crippen molar-refractivity contribution in [3.8, 4) is 26.9 Å². The average Bonchev–Trinajstić information content (AvgIpc) is 2.97. The van der Waals surface area contributed by atoms with Crippen molar-refractivity contribution in [1.29, 1.82) is 0 Å². The van der Waals surface area contributed by atoms with Gasteiger partial charge in [-0.15, -0.1) is 33.3 Å². The number of methoxy groups -OCH3 is 1. The molecule has 2 heterocycles. The molecule has 3 aromatic rings. The van der Waals surface area contributed by atoms with Gasteiger partial charge in [-0.1, -0.05) is 0 Å². The Bertz CT molecular complexity index is 767. The summed E-state index contributed by atoms with van der Waals surface area (Å²) in [4.78, 5) is 5.72. The molecule has 2 aromatic heterocycles. The Kier molecular flexibility index (Phi) is 4.40. The normalized spacial score (nSPS) is 10.7. The third-order valence-corrected chi connectivity index (χ3v) is 5.08. The SMILES string of the molecule is COc1ccc(-c2nc(C)c(-c3ccc(SC)nn3)s2)cc1. The molecule has 0 atom stereocenters. The fourth-order valence-corrected chi connectivity index (χ4v) is 3.40. The topological polar surface area (TPSA) is 47.9 Å². The third-order valence-electron chi connectivity index (χ3n) is 3.22. The summed E-state index contributed by atoms with van der Waals surface area (Å²) in [5.41, 5.74) is 2.92. The highest BCUT2D eigenvalue weighted by Gasteiger charge is 2.13. The molecule has 0 saturated heterocycles. The Morgan fingerprint density at radius 1 is 1.05 bits per heavy atom. The molecule has 22 heavy (non-hydrogen) atoms. The van der Waals surface area contributed by atoms with Crippen LogP contribution in [0.5, 0.6) is 5.75 Å². The van der Waals surface area contributed by atoms with E-state index in [0.29, 0.717) is 0 Å². The first-order valence-corrected chi connectivity index (χ1v) is 8.75. The quantitative estimate of drug-likeness (QED) is 0.668. The molecule has 0 radical (unpaired) electrons. The fraction of sp³-hybridized carbons (Fsp3) is 0.188. The second-order valence-electron chi connectivity index (χ2n) is 4.62. The van der Waals surface area contributed by atoms with Crippen LogP contribution < -0.4 is 4.74 Å². The number of thioether (sulfide) groups is 1. The van der Waals surface area contributed by atoms with Gasteiger partial charge < -0.3 is 4.74 Å². The van der Waals surface area contributed by atoms with E-state index in [4.69, 9.17) is 4.74 Å². The molecule has 6 heteroatoms. The van der Waals surface area contributed by atoms with Gasteiger partial charge in [0.05, 0.1) is 17.7 Å². The van der Waals surface area contributed by atoms with Crippen molar-refractivity contribution < 1.29 is 4.74 Å². The molecule has 1 aromatic carbocycles. The predicted octanol–water partition coefficient (Wildman–Crippen LogP) is 4.31.